The van der Waals surface area contributed by atoms with Gasteiger partial charge in [-0.3, -0.25) is 14.4 Å². The maximum absolute atomic E-state index is 12.8. The van der Waals surface area contributed by atoms with Crippen LogP contribution in [0.1, 0.15) is 41.4 Å². The minimum atomic E-state index is -0.788. The summed E-state index contributed by atoms with van der Waals surface area (Å²) in [7, 11) is 0. The van der Waals surface area contributed by atoms with E-state index in [1.807, 2.05) is 0 Å². The minimum Gasteiger partial charge on any atom is -0.508 e. The lowest BCUT2D eigenvalue weighted by atomic mass is 10.1. The van der Waals surface area contributed by atoms with Gasteiger partial charge in [-0.25, -0.2) is 9.69 Å². The van der Waals surface area contributed by atoms with Crippen LogP contribution in [0.15, 0.2) is 71.2 Å². The molecule has 0 atom stereocenters. The van der Waals surface area contributed by atoms with Crippen LogP contribution in [-0.2, 0) is 4.74 Å². The number of benzene rings is 3. The van der Waals surface area contributed by atoms with E-state index < -0.39 is 24.4 Å². The third kappa shape index (κ3) is 3.97. The first-order valence-corrected chi connectivity index (χ1v) is 9.92. The average Bonchev–Trinajstić information content (AvgIpc) is 3.02. The lowest BCUT2D eigenvalue weighted by Crippen LogP contribution is -2.29. The molecular formula is C23H14BrNO6. The fourth-order valence-corrected chi connectivity index (χ4v) is 3.43. The predicted molar refractivity (Wildman–Crippen MR) is 114 cm³/mol. The van der Waals surface area contributed by atoms with E-state index in [1.54, 1.807) is 24.3 Å². The number of fused-ring (bicyclic) bond motifs is 1. The molecule has 0 saturated heterocycles. The number of amides is 2. The number of nitrogens with zero attached hydrogens (tertiary/aromatic N) is 1. The summed E-state index contributed by atoms with van der Waals surface area (Å²) >= 11 is 3.28. The molecular weight excluding hydrogens is 466 g/mol. The van der Waals surface area contributed by atoms with E-state index in [-0.39, 0.29) is 33.9 Å². The molecule has 0 bridgehead atoms. The maximum Gasteiger partial charge on any atom is 0.338 e. The Morgan fingerprint density at radius 2 is 1.55 bits per heavy atom. The largest absolute Gasteiger partial charge is 0.508 e. The van der Waals surface area contributed by atoms with Crippen molar-refractivity contribution in [2.24, 2.45) is 0 Å². The molecule has 4 rings (SSSR count). The number of aromatic hydroxyl groups is 1. The lowest BCUT2D eigenvalue weighted by molar-refractivity contribution is 0.0474. The van der Waals surface area contributed by atoms with Crippen molar-refractivity contribution in [3.05, 3.63) is 93.5 Å². The molecule has 154 valence electrons. The van der Waals surface area contributed by atoms with Crippen LogP contribution in [0.2, 0.25) is 0 Å². The van der Waals surface area contributed by atoms with Crippen LogP contribution in [0.25, 0.3) is 0 Å². The molecule has 0 saturated carbocycles. The molecule has 2 amide bonds. The Morgan fingerprint density at radius 3 is 2.26 bits per heavy atom. The molecule has 0 fully saturated rings. The predicted octanol–water partition coefficient (Wildman–Crippen LogP) is 4.00. The number of ketones is 1. The molecule has 1 N–H and O–H groups in total. The van der Waals surface area contributed by atoms with Gasteiger partial charge in [-0.1, -0.05) is 34.1 Å². The van der Waals surface area contributed by atoms with E-state index >= 15 is 0 Å². The molecule has 3 aromatic rings. The van der Waals surface area contributed by atoms with Gasteiger partial charge in [0.25, 0.3) is 11.8 Å². The van der Waals surface area contributed by atoms with Crippen molar-refractivity contribution >= 4 is 45.2 Å². The number of esters is 1. The highest BCUT2D eigenvalue weighted by molar-refractivity contribution is 9.10. The molecule has 0 aromatic heterocycles. The number of Topliss-reactive ketones (excluding diaryl/α,β-unsaturated/α-hetero) is 1. The Kier molecular flexibility index (Phi) is 5.39. The van der Waals surface area contributed by atoms with Gasteiger partial charge in [0.1, 0.15) is 5.75 Å². The van der Waals surface area contributed by atoms with Gasteiger partial charge in [0.2, 0.25) is 0 Å². The summed E-state index contributed by atoms with van der Waals surface area (Å²) in [5, 5.41) is 9.64. The number of carbonyl (C=O) groups excluding carboxylic acids is 4. The summed E-state index contributed by atoms with van der Waals surface area (Å²) in [4.78, 5) is 50.9. The van der Waals surface area contributed by atoms with E-state index in [4.69, 9.17) is 4.74 Å². The van der Waals surface area contributed by atoms with E-state index in [0.717, 1.165) is 9.37 Å². The fraction of sp³-hybridized carbons (Fsp3) is 0.0435. The van der Waals surface area contributed by atoms with Gasteiger partial charge in [-0.2, -0.15) is 0 Å². The second-order valence-corrected chi connectivity index (χ2v) is 7.65. The van der Waals surface area contributed by atoms with Gasteiger partial charge in [-0.15, -0.1) is 0 Å². The van der Waals surface area contributed by atoms with Gasteiger partial charge in [0.15, 0.2) is 12.4 Å². The highest BCUT2D eigenvalue weighted by Crippen LogP contribution is 2.30. The molecule has 1 heterocycles. The van der Waals surface area contributed by atoms with E-state index in [2.05, 4.69) is 15.9 Å². The van der Waals surface area contributed by atoms with Crippen LogP contribution >= 0.6 is 15.9 Å². The first-order valence-electron chi connectivity index (χ1n) is 9.13. The molecule has 0 unspecified atom stereocenters. The number of hydrogen-bond acceptors (Lipinski definition) is 6. The summed E-state index contributed by atoms with van der Waals surface area (Å²) < 4.78 is 5.90. The number of phenols is 1. The number of anilines is 1. The first kappa shape index (κ1) is 20.5. The second-order valence-electron chi connectivity index (χ2n) is 6.73. The molecule has 1 aliphatic rings. The molecule has 0 aliphatic carbocycles. The Morgan fingerprint density at radius 1 is 0.871 bits per heavy atom. The Bertz CT molecular complexity index is 1240. The van der Waals surface area contributed by atoms with Gasteiger partial charge < -0.3 is 9.84 Å². The summed E-state index contributed by atoms with van der Waals surface area (Å²) in [6.07, 6.45) is 0. The number of halogens is 1. The SMILES string of the molecule is O=C(COC(=O)c1ccc2c(c1)C(=O)N(c1cccc(O)c1)C2=O)c1ccc(Br)cc1. The van der Waals surface area contributed by atoms with Gasteiger partial charge in [0, 0.05) is 16.1 Å². The van der Waals surface area contributed by atoms with E-state index in [9.17, 15) is 24.3 Å². The minimum absolute atomic E-state index is 0.0428. The summed E-state index contributed by atoms with van der Waals surface area (Å²) in [5.74, 6) is -2.43. The van der Waals surface area contributed by atoms with Crippen LogP contribution < -0.4 is 4.90 Å². The first-order chi connectivity index (χ1) is 14.8. The van der Waals surface area contributed by atoms with E-state index in [0.29, 0.717) is 5.56 Å². The van der Waals surface area contributed by atoms with Gasteiger partial charge >= 0.3 is 5.97 Å². The molecule has 7 nitrogen and oxygen atoms in total. The van der Waals surface area contributed by atoms with Crippen molar-refractivity contribution < 1.29 is 29.0 Å². The van der Waals surface area contributed by atoms with Crippen LogP contribution in [0.5, 0.6) is 5.75 Å². The van der Waals surface area contributed by atoms with Crippen LogP contribution in [-0.4, -0.2) is 35.3 Å². The number of hydrogen-bond donors (Lipinski definition) is 1. The topological polar surface area (TPSA) is 101 Å². The molecule has 0 spiro atoms. The molecule has 3 aromatic carbocycles. The van der Waals surface area contributed by atoms with Crippen molar-refractivity contribution in [3.63, 3.8) is 0 Å². The summed E-state index contributed by atoms with van der Waals surface area (Å²) in [6.45, 7) is -0.458. The average molecular weight is 480 g/mol. The van der Waals surface area contributed by atoms with Crippen molar-refractivity contribution in [3.8, 4) is 5.75 Å². The molecule has 0 radical (unpaired) electrons. The van der Waals surface area contributed by atoms with Gasteiger partial charge in [0.05, 0.1) is 22.4 Å². The van der Waals surface area contributed by atoms with Crippen LogP contribution in [0, 0.1) is 0 Å². The van der Waals surface area contributed by atoms with E-state index in [1.165, 1.54) is 42.5 Å². The Labute approximate surface area is 185 Å². The van der Waals surface area contributed by atoms with Crippen molar-refractivity contribution in [2.45, 2.75) is 0 Å². The zero-order valence-electron chi connectivity index (χ0n) is 15.9. The molecule has 1 aliphatic heterocycles. The van der Waals surface area contributed by atoms with Crippen molar-refractivity contribution in [1.82, 2.24) is 0 Å². The Balaban J connectivity index is 1.51. The number of rotatable bonds is 5. The number of phenolic OH excluding ortho intramolecular Hbond substituents is 1. The van der Waals surface area contributed by atoms with Crippen molar-refractivity contribution in [2.75, 3.05) is 11.5 Å². The highest BCUT2D eigenvalue weighted by atomic mass is 79.9. The third-order valence-electron chi connectivity index (χ3n) is 4.71. The standard InChI is InChI=1S/C23H14BrNO6/c24-15-7-4-13(5-8-15)20(27)12-31-23(30)14-6-9-18-19(10-14)22(29)25(21(18)28)16-2-1-3-17(26)11-16/h1-11,26H,12H2. The quantitative estimate of drug-likeness (QED) is 0.337. The third-order valence-corrected chi connectivity index (χ3v) is 5.24. The lowest BCUT2D eigenvalue weighted by Gasteiger charge is -2.13. The smallest absolute Gasteiger partial charge is 0.338 e. The van der Waals surface area contributed by atoms with Crippen LogP contribution in [0.4, 0.5) is 5.69 Å². The van der Waals surface area contributed by atoms with Crippen LogP contribution in [0.3, 0.4) is 0 Å². The Hall–Kier alpha value is -3.78. The number of carbonyl (C=O) groups is 4. The second kappa shape index (κ2) is 8.16. The zero-order chi connectivity index (χ0) is 22.1. The number of ether oxygens (including phenoxy) is 1. The highest BCUT2D eigenvalue weighted by Gasteiger charge is 2.37. The summed E-state index contributed by atoms with van der Waals surface area (Å²) in [6, 6.07) is 16.4. The van der Waals surface area contributed by atoms with Gasteiger partial charge in [-0.05, 0) is 42.5 Å². The molecule has 8 heteroatoms. The van der Waals surface area contributed by atoms with Crippen molar-refractivity contribution in [1.29, 1.82) is 0 Å². The molecule has 31 heavy (non-hydrogen) atoms. The summed E-state index contributed by atoms with van der Waals surface area (Å²) in [5.41, 5.74) is 0.835. The fourth-order valence-electron chi connectivity index (χ4n) is 3.17. The monoisotopic (exact) mass is 479 g/mol. The normalized spacial score (nSPS) is 12.6. The number of imide groups is 1. The zero-order valence-corrected chi connectivity index (χ0v) is 17.5. The maximum atomic E-state index is 12.8.